The second-order valence-electron chi connectivity index (χ2n) is 0. The largest absolute Gasteiger partial charge is 0.344 e. The van der Waals surface area contributed by atoms with Gasteiger partial charge in [-0.1, -0.05) is 0 Å². The third-order valence-corrected chi connectivity index (χ3v) is 0. The van der Waals surface area contributed by atoms with Gasteiger partial charge in [0.25, 0.3) is 0 Å². The molecule has 0 fully saturated rings. The van der Waals surface area contributed by atoms with Gasteiger partial charge < -0.3 is 6.15 Å². The van der Waals surface area contributed by atoms with E-state index in [9.17, 15) is 0 Å². The van der Waals surface area contributed by atoms with Gasteiger partial charge in [-0.15, -0.1) is 0 Å². The first kappa shape index (κ1) is 62.4. The van der Waals surface area contributed by atoms with Gasteiger partial charge >= 0.3 is 23.1 Å². The van der Waals surface area contributed by atoms with E-state index in [1.807, 2.05) is 0 Å². The normalized spacial score (nSPS) is 0. The molecule has 0 spiro atoms. The molecule has 0 bridgehead atoms. The lowest BCUT2D eigenvalue weighted by atomic mass is 10.8. The van der Waals surface area contributed by atoms with E-state index in [4.69, 9.17) is 0 Å². The molecule has 0 radical (unpaired) electrons. The molecular formula is H11BMgNP. The summed E-state index contributed by atoms with van der Waals surface area (Å²) in [6.07, 6.45) is 0. The minimum absolute atomic E-state index is 0. The van der Waals surface area contributed by atoms with Crippen LogP contribution in [-0.2, 0) is 0 Å². The van der Waals surface area contributed by atoms with Gasteiger partial charge in [0.15, 0.2) is 0 Å². The summed E-state index contributed by atoms with van der Waals surface area (Å²) in [6, 6.07) is 0. The maximum absolute atomic E-state index is 0. The maximum Gasteiger partial charge on any atom is 0.316 e. The van der Waals surface area contributed by atoms with Crippen molar-refractivity contribution in [3.63, 3.8) is 0 Å². The SMILES string of the molecule is B.N.P.[MgH2]. The monoisotopic (exact) mass is 91.1 g/mol. The number of rotatable bonds is 0. The Morgan fingerprint density at radius 1 is 1.00 bits per heavy atom. The Morgan fingerprint density at radius 2 is 1.00 bits per heavy atom. The molecule has 1 nitrogen and oxygen atoms in total. The lowest BCUT2D eigenvalue weighted by Crippen LogP contribution is -0.481. The predicted molar refractivity (Wildman–Crippen MR) is 34.6 cm³/mol. The molecule has 26 valence electrons. The van der Waals surface area contributed by atoms with Gasteiger partial charge in [0.2, 0.25) is 0 Å². The van der Waals surface area contributed by atoms with E-state index in [1.54, 1.807) is 0 Å². The fourth-order valence-corrected chi connectivity index (χ4v) is 0. The van der Waals surface area contributed by atoms with Crippen LogP contribution in [0.4, 0.5) is 0 Å². The molecular weight excluding hydrogens is 80.1 g/mol. The Kier molecular flexibility index (Phi) is 458. The highest BCUT2D eigenvalue weighted by molar-refractivity contribution is 6.92. The van der Waals surface area contributed by atoms with Crippen molar-refractivity contribution in [3.05, 3.63) is 0 Å². The van der Waals surface area contributed by atoms with E-state index in [2.05, 4.69) is 0 Å². The first-order chi connectivity index (χ1) is 0. The molecule has 3 N–H and O–H groups in total. The van der Waals surface area contributed by atoms with Gasteiger partial charge in [-0.05, 0) is 0 Å². The van der Waals surface area contributed by atoms with Crippen LogP contribution in [0.3, 0.4) is 0 Å². The van der Waals surface area contributed by atoms with Gasteiger partial charge in [-0.3, -0.25) is 0 Å². The van der Waals surface area contributed by atoms with Gasteiger partial charge in [-0.2, -0.15) is 9.90 Å². The third kappa shape index (κ3) is 10.7. The minimum Gasteiger partial charge on any atom is -0.344 e. The molecule has 0 aliphatic rings. The molecule has 0 amide bonds. The Bertz CT molecular complexity index is 8.00. The molecule has 1 atom stereocenters. The fourth-order valence-electron chi connectivity index (χ4n) is 0. The molecule has 0 aromatic rings. The first-order valence-electron chi connectivity index (χ1n) is 0. The van der Waals surface area contributed by atoms with Crippen molar-refractivity contribution in [1.82, 2.24) is 6.15 Å². The third-order valence-electron chi connectivity index (χ3n) is 0. The van der Waals surface area contributed by atoms with E-state index < -0.39 is 0 Å². The summed E-state index contributed by atoms with van der Waals surface area (Å²) in [7, 11) is 0. The summed E-state index contributed by atoms with van der Waals surface area (Å²) < 4.78 is 0. The zero-order valence-electron chi connectivity index (χ0n) is 1.41. The average molecular weight is 91.2 g/mol. The summed E-state index contributed by atoms with van der Waals surface area (Å²) >= 11 is 0. The van der Waals surface area contributed by atoms with Gasteiger partial charge in [0.1, 0.15) is 0 Å². The van der Waals surface area contributed by atoms with Crippen LogP contribution < -0.4 is 6.15 Å². The van der Waals surface area contributed by atoms with Crippen molar-refractivity contribution in [1.29, 1.82) is 0 Å². The van der Waals surface area contributed by atoms with E-state index in [0.717, 1.165) is 0 Å². The van der Waals surface area contributed by atoms with Crippen LogP contribution in [0.5, 0.6) is 0 Å². The first-order valence-corrected chi connectivity index (χ1v) is 0. The average Bonchev–Trinajstić information content (AvgIpc) is 0. The van der Waals surface area contributed by atoms with E-state index >= 15 is 0 Å². The standard InChI is InChI=1S/BH3.Mg.H3N.H3P.2H/h1H3;;2*1H3;;. The lowest BCUT2D eigenvalue weighted by Gasteiger charge is -0.344. The molecule has 0 aromatic carbocycles. The highest BCUT2D eigenvalue weighted by atomic mass is 31.0. The zero-order valence-corrected chi connectivity index (χ0v) is 2.83. The fraction of sp³-hybridized carbons (Fsp3) is 0. The van der Waals surface area contributed by atoms with Crippen molar-refractivity contribution in [2.45, 2.75) is 0 Å². The summed E-state index contributed by atoms with van der Waals surface area (Å²) in [6.45, 7) is 0. The summed E-state index contributed by atoms with van der Waals surface area (Å²) in [4.78, 5) is 0. The van der Waals surface area contributed by atoms with Gasteiger partial charge in [0.05, 0.1) is 8.41 Å². The summed E-state index contributed by atoms with van der Waals surface area (Å²) in [5, 5.41) is 0. The second kappa shape index (κ2) is 29.4. The summed E-state index contributed by atoms with van der Waals surface area (Å²) in [5.41, 5.74) is 0. The van der Waals surface area contributed by atoms with Crippen LogP contribution in [0.25, 0.3) is 0 Å². The molecule has 0 aliphatic carbocycles. The molecule has 0 saturated carbocycles. The zero-order chi connectivity index (χ0) is 0. The van der Waals surface area contributed by atoms with Crippen molar-refractivity contribution >= 4 is 41.4 Å². The van der Waals surface area contributed by atoms with Crippen LogP contribution in [0.1, 0.15) is 0 Å². The van der Waals surface area contributed by atoms with Crippen LogP contribution in [-0.4, -0.2) is 31.5 Å². The molecule has 0 aliphatic heterocycles. The van der Waals surface area contributed by atoms with Gasteiger partial charge in [-0.25, -0.2) is 0 Å². The van der Waals surface area contributed by atoms with Crippen LogP contribution in [0, 0.1) is 0 Å². The number of hydrogen-bond donors (Lipinski definition) is 1. The minimum atomic E-state index is 0. The van der Waals surface area contributed by atoms with Gasteiger partial charge in [0, 0.05) is 0 Å². The number of hydrogen-bond acceptors (Lipinski definition) is 1. The Balaban J connectivity index is 0. The van der Waals surface area contributed by atoms with Crippen molar-refractivity contribution in [2.75, 3.05) is 0 Å². The molecule has 4 heavy (non-hydrogen) atoms. The van der Waals surface area contributed by atoms with Crippen LogP contribution in [0.15, 0.2) is 0 Å². The van der Waals surface area contributed by atoms with Crippen LogP contribution in [0.2, 0.25) is 0 Å². The molecule has 0 aromatic heterocycles. The van der Waals surface area contributed by atoms with Crippen molar-refractivity contribution in [2.24, 2.45) is 0 Å². The van der Waals surface area contributed by atoms with E-state index in [-0.39, 0.29) is 47.5 Å². The van der Waals surface area contributed by atoms with Crippen LogP contribution >= 0.6 is 9.90 Å². The Hall–Kier alpha value is 1.22. The Morgan fingerprint density at radius 3 is 1.00 bits per heavy atom. The van der Waals surface area contributed by atoms with E-state index in [0.29, 0.717) is 0 Å². The smallest absolute Gasteiger partial charge is 0.316 e. The lowest BCUT2D eigenvalue weighted by molar-refractivity contribution is 2.13. The maximum atomic E-state index is 0. The Labute approximate surface area is 47.8 Å². The van der Waals surface area contributed by atoms with Crippen molar-refractivity contribution in [3.8, 4) is 0 Å². The quantitative estimate of drug-likeness (QED) is 0.275. The highest BCUT2D eigenvalue weighted by Crippen LogP contribution is 0.861. The molecule has 0 saturated heterocycles. The topological polar surface area (TPSA) is 35.0 Å². The second-order valence-corrected chi connectivity index (χ2v) is 0. The molecule has 1 unspecified atom stereocenters. The summed E-state index contributed by atoms with van der Waals surface area (Å²) in [5.74, 6) is 0. The predicted octanol–water partition coefficient (Wildman–Crippen LogP) is -1.88. The van der Waals surface area contributed by atoms with Crippen molar-refractivity contribution < 1.29 is 0 Å². The highest BCUT2D eigenvalue weighted by Gasteiger charge is 0.316. The van der Waals surface area contributed by atoms with E-state index in [1.165, 1.54) is 0 Å². The molecule has 0 rings (SSSR count). The molecule has 0 heterocycles. The molecule has 4 heteroatoms.